The van der Waals surface area contributed by atoms with E-state index >= 15 is 0 Å². The van der Waals surface area contributed by atoms with E-state index in [9.17, 15) is 8.78 Å². The predicted octanol–water partition coefficient (Wildman–Crippen LogP) is 4.01. The van der Waals surface area contributed by atoms with Gasteiger partial charge in [-0.25, -0.2) is 8.78 Å². The van der Waals surface area contributed by atoms with Crippen molar-refractivity contribution in [2.24, 2.45) is 0 Å². The van der Waals surface area contributed by atoms with Crippen molar-refractivity contribution in [3.63, 3.8) is 0 Å². The monoisotopic (exact) mass is 217 g/mol. The number of hydrogen-bond acceptors (Lipinski definition) is 0. The lowest BCUT2D eigenvalue weighted by Gasteiger charge is -2.06. The Kier molecular flexibility index (Phi) is 3.00. The van der Waals surface area contributed by atoms with E-state index in [2.05, 4.69) is 6.92 Å². The molecule has 16 heavy (non-hydrogen) atoms. The van der Waals surface area contributed by atoms with Crippen LogP contribution in [0.4, 0.5) is 8.78 Å². The van der Waals surface area contributed by atoms with Crippen LogP contribution in [0.3, 0.4) is 0 Å². The normalized spacial score (nSPS) is 10.4. The Morgan fingerprint density at radius 3 is 1.94 bits per heavy atom. The maximum atomic E-state index is 13.5. The molecule has 2 heteroatoms. The summed E-state index contributed by atoms with van der Waals surface area (Å²) in [5, 5.41) is 0. The van der Waals surface area contributed by atoms with Crippen LogP contribution < -0.4 is 0 Å². The molecule has 0 bridgehead atoms. The maximum Gasteiger partial charge on any atom is 0.129 e. The molecule has 0 fully saturated rings. The molecule has 0 N–H and O–H groups in total. The number of benzene rings is 2. The van der Waals surface area contributed by atoms with Gasteiger partial charge in [0.15, 0.2) is 0 Å². The summed E-state index contributed by atoms with van der Waals surface area (Å²) in [6.45, 7) is 3.50. The van der Waals surface area contributed by atoms with Crippen LogP contribution in [-0.4, -0.2) is 0 Å². The second-order valence-electron chi connectivity index (χ2n) is 3.53. The van der Waals surface area contributed by atoms with E-state index < -0.39 is 11.6 Å². The summed E-state index contributed by atoms with van der Waals surface area (Å²) in [6, 6.07) is 11.9. The van der Waals surface area contributed by atoms with Gasteiger partial charge in [0.2, 0.25) is 0 Å². The van der Waals surface area contributed by atoms with E-state index in [4.69, 9.17) is 0 Å². The largest absolute Gasteiger partial charge is 0.207 e. The van der Waals surface area contributed by atoms with Crippen molar-refractivity contribution in [3.8, 4) is 11.1 Å². The molecule has 0 aliphatic carbocycles. The fraction of sp³-hybridized carbons (Fsp3) is 0.0714. The molecule has 1 radical (unpaired) electrons. The third-order valence-electron chi connectivity index (χ3n) is 2.50. The number of halogens is 2. The van der Waals surface area contributed by atoms with E-state index in [1.54, 1.807) is 0 Å². The molecule has 0 saturated heterocycles. The SMILES string of the molecule is [CH2]Cc1c(F)cc(-c2ccccc2)cc1F. The van der Waals surface area contributed by atoms with Crippen molar-refractivity contribution < 1.29 is 8.78 Å². The minimum absolute atomic E-state index is 0.0414. The first-order valence-electron chi connectivity index (χ1n) is 5.05. The van der Waals surface area contributed by atoms with Gasteiger partial charge in [-0.05, 0) is 36.6 Å². The molecular formula is C14H11F2. The second kappa shape index (κ2) is 4.44. The molecule has 0 amide bonds. The zero-order valence-electron chi connectivity index (χ0n) is 8.71. The van der Waals surface area contributed by atoms with Crippen LogP contribution in [0.2, 0.25) is 0 Å². The molecule has 0 aliphatic rings. The van der Waals surface area contributed by atoms with Gasteiger partial charge >= 0.3 is 0 Å². The molecule has 81 valence electrons. The van der Waals surface area contributed by atoms with Crippen molar-refractivity contribution in [2.45, 2.75) is 6.42 Å². The highest BCUT2D eigenvalue weighted by atomic mass is 19.1. The first-order valence-corrected chi connectivity index (χ1v) is 5.05. The van der Waals surface area contributed by atoms with Crippen molar-refractivity contribution in [1.82, 2.24) is 0 Å². The van der Waals surface area contributed by atoms with Gasteiger partial charge in [-0.3, -0.25) is 0 Å². The lowest BCUT2D eigenvalue weighted by atomic mass is 10.0. The average Bonchev–Trinajstić information content (AvgIpc) is 2.30. The lowest BCUT2D eigenvalue weighted by molar-refractivity contribution is 0.563. The lowest BCUT2D eigenvalue weighted by Crippen LogP contribution is -1.94. The van der Waals surface area contributed by atoms with E-state index in [-0.39, 0.29) is 12.0 Å². The molecular weight excluding hydrogens is 206 g/mol. The van der Waals surface area contributed by atoms with Crippen LogP contribution in [0.5, 0.6) is 0 Å². The Labute approximate surface area is 93.5 Å². The van der Waals surface area contributed by atoms with Crippen LogP contribution in [0, 0.1) is 18.6 Å². The van der Waals surface area contributed by atoms with Crippen LogP contribution in [-0.2, 0) is 6.42 Å². The maximum absolute atomic E-state index is 13.5. The van der Waals surface area contributed by atoms with Crippen molar-refractivity contribution >= 4 is 0 Å². The first-order chi connectivity index (χ1) is 7.72. The quantitative estimate of drug-likeness (QED) is 0.713. The molecule has 0 atom stereocenters. The average molecular weight is 217 g/mol. The standard InChI is InChI=1S/C14H11F2/c1-2-12-13(15)8-11(9-14(12)16)10-6-4-3-5-7-10/h3-9H,1-2H2. The molecule has 2 aromatic carbocycles. The van der Waals surface area contributed by atoms with Crippen molar-refractivity contribution in [1.29, 1.82) is 0 Å². The summed E-state index contributed by atoms with van der Waals surface area (Å²) in [7, 11) is 0. The van der Waals surface area contributed by atoms with E-state index in [0.717, 1.165) is 5.56 Å². The van der Waals surface area contributed by atoms with Gasteiger partial charge in [0.25, 0.3) is 0 Å². The topological polar surface area (TPSA) is 0 Å². The van der Waals surface area contributed by atoms with Crippen LogP contribution in [0.1, 0.15) is 5.56 Å². The predicted molar refractivity (Wildman–Crippen MR) is 60.9 cm³/mol. The highest BCUT2D eigenvalue weighted by Crippen LogP contribution is 2.24. The van der Waals surface area contributed by atoms with Crippen molar-refractivity contribution in [3.05, 3.63) is 66.6 Å². The van der Waals surface area contributed by atoms with Gasteiger partial charge < -0.3 is 0 Å². The Balaban J connectivity index is 2.53. The summed E-state index contributed by atoms with van der Waals surface area (Å²) in [4.78, 5) is 0. The van der Waals surface area contributed by atoms with Gasteiger partial charge in [0.1, 0.15) is 11.6 Å². The van der Waals surface area contributed by atoms with Crippen LogP contribution >= 0.6 is 0 Å². The van der Waals surface area contributed by atoms with E-state index in [0.29, 0.717) is 5.56 Å². The Morgan fingerprint density at radius 1 is 0.875 bits per heavy atom. The van der Waals surface area contributed by atoms with Gasteiger partial charge in [0.05, 0.1) is 0 Å². The first kappa shape index (κ1) is 10.8. The minimum atomic E-state index is -0.533. The molecule has 0 heterocycles. The van der Waals surface area contributed by atoms with Crippen LogP contribution in [0.25, 0.3) is 11.1 Å². The fourth-order valence-corrected chi connectivity index (χ4v) is 1.64. The van der Waals surface area contributed by atoms with Gasteiger partial charge in [-0.2, -0.15) is 0 Å². The summed E-state index contributed by atoms with van der Waals surface area (Å²) >= 11 is 0. The van der Waals surface area contributed by atoms with Gasteiger partial charge in [-0.15, -0.1) is 0 Å². The summed E-state index contributed by atoms with van der Waals surface area (Å²) in [5.41, 5.74) is 1.39. The molecule has 0 aliphatic heterocycles. The Morgan fingerprint density at radius 2 is 1.44 bits per heavy atom. The third-order valence-corrected chi connectivity index (χ3v) is 2.50. The highest BCUT2D eigenvalue weighted by Gasteiger charge is 2.09. The molecule has 0 saturated carbocycles. The second-order valence-corrected chi connectivity index (χ2v) is 3.53. The molecule has 0 nitrogen and oxygen atoms in total. The Hall–Kier alpha value is -1.70. The zero-order chi connectivity index (χ0) is 11.5. The number of rotatable bonds is 2. The molecule has 0 unspecified atom stereocenters. The molecule has 2 aromatic rings. The van der Waals surface area contributed by atoms with Gasteiger partial charge in [0, 0.05) is 5.56 Å². The minimum Gasteiger partial charge on any atom is -0.207 e. The Bertz CT molecular complexity index is 466. The zero-order valence-corrected chi connectivity index (χ0v) is 8.71. The third kappa shape index (κ3) is 1.96. The fourth-order valence-electron chi connectivity index (χ4n) is 1.64. The van der Waals surface area contributed by atoms with Crippen LogP contribution in [0.15, 0.2) is 42.5 Å². The summed E-state index contributed by atoms with van der Waals surface area (Å²) in [5.74, 6) is -1.07. The molecule has 2 rings (SSSR count). The molecule has 0 aromatic heterocycles. The number of hydrogen-bond donors (Lipinski definition) is 0. The summed E-state index contributed by atoms with van der Waals surface area (Å²) < 4.78 is 27.0. The van der Waals surface area contributed by atoms with E-state index in [1.807, 2.05) is 30.3 Å². The summed E-state index contributed by atoms with van der Waals surface area (Å²) in [6.07, 6.45) is 0.118. The smallest absolute Gasteiger partial charge is 0.129 e. The highest BCUT2D eigenvalue weighted by molar-refractivity contribution is 5.63. The molecule has 0 spiro atoms. The van der Waals surface area contributed by atoms with Crippen molar-refractivity contribution in [2.75, 3.05) is 0 Å². The van der Waals surface area contributed by atoms with E-state index in [1.165, 1.54) is 12.1 Å². The van der Waals surface area contributed by atoms with Gasteiger partial charge in [-0.1, -0.05) is 30.3 Å².